The molecule has 0 aliphatic heterocycles. The first-order chi connectivity index (χ1) is 11.7. The van der Waals surface area contributed by atoms with Crippen molar-refractivity contribution in [2.24, 2.45) is 0 Å². The molecule has 0 bridgehead atoms. The van der Waals surface area contributed by atoms with Crippen molar-refractivity contribution in [3.63, 3.8) is 0 Å². The lowest BCUT2D eigenvalue weighted by molar-refractivity contribution is -0.116. The summed E-state index contributed by atoms with van der Waals surface area (Å²) in [6, 6.07) is 7.87. The van der Waals surface area contributed by atoms with Crippen molar-refractivity contribution in [2.45, 2.75) is 20.3 Å². The smallest absolute Gasteiger partial charge is 0.244 e. The van der Waals surface area contributed by atoms with Gasteiger partial charge in [-0.3, -0.25) is 4.79 Å². The highest BCUT2D eigenvalue weighted by Crippen LogP contribution is 2.28. The standard InChI is InChI=1S/C19H23NO3S/c1-3-22-17-7-5-15(13-18(17)23-4-2)9-11-20-19(21)8-6-16-10-12-24-14-16/h5-8,10,12-14H,3-4,9,11H2,1-2H3,(H,20,21)/b8-6+. The van der Waals surface area contributed by atoms with Crippen LogP contribution in [0.15, 0.2) is 41.1 Å². The predicted molar refractivity (Wildman–Crippen MR) is 98.8 cm³/mol. The zero-order valence-electron chi connectivity index (χ0n) is 14.1. The molecule has 0 saturated heterocycles. The Labute approximate surface area is 147 Å². The van der Waals surface area contributed by atoms with E-state index in [0.29, 0.717) is 19.8 Å². The molecule has 0 aliphatic rings. The SMILES string of the molecule is CCOc1ccc(CCNC(=O)/C=C/c2ccsc2)cc1OCC. The maximum atomic E-state index is 11.8. The number of hydrogen-bond acceptors (Lipinski definition) is 4. The second-order valence-electron chi connectivity index (χ2n) is 5.08. The van der Waals surface area contributed by atoms with Gasteiger partial charge < -0.3 is 14.8 Å². The van der Waals surface area contributed by atoms with Gasteiger partial charge in [-0.25, -0.2) is 0 Å². The van der Waals surface area contributed by atoms with Crippen LogP contribution in [0.4, 0.5) is 0 Å². The van der Waals surface area contributed by atoms with Crippen LogP contribution in [0.1, 0.15) is 25.0 Å². The molecule has 0 atom stereocenters. The Bertz CT molecular complexity index is 665. The minimum Gasteiger partial charge on any atom is -0.490 e. The fraction of sp³-hybridized carbons (Fsp3) is 0.316. The predicted octanol–water partition coefficient (Wildman–Crippen LogP) is 3.92. The van der Waals surface area contributed by atoms with Crippen molar-refractivity contribution >= 4 is 23.3 Å². The van der Waals surface area contributed by atoms with Crippen molar-refractivity contribution in [3.05, 3.63) is 52.2 Å². The summed E-state index contributed by atoms with van der Waals surface area (Å²) < 4.78 is 11.2. The van der Waals surface area contributed by atoms with Crippen molar-refractivity contribution in [1.82, 2.24) is 5.32 Å². The third-order valence-corrected chi connectivity index (χ3v) is 3.99. The normalized spacial score (nSPS) is 10.8. The molecular weight excluding hydrogens is 322 g/mol. The highest BCUT2D eigenvalue weighted by atomic mass is 32.1. The van der Waals surface area contributed by atoms with Crippen molar-refractivity contribution in [3.8, 4) is 11.5 Å². The van der Waals surface area contributed by atoms with Gasteiger partial charge in [0.2, 0.25) is 5.91 Å². The molecule has 2 aromatic rings. The highest BCUT2D eigenvalue weighted by Gasteiger charge is 2.06. The summed E-state index contributed by atoms with van der Waals surface area (Å²) in [5.74, 6) is 1.42. The van der Waals surface area contributed by atoms with Gasteiger partial charge in [-0.1, -0.05) is 6.07 Å². The first kappa shape index (κ1) is 18.1. The molecule has 1 aromatic heterocycles. The molecule has 5 heteroatoms. The molecule has 24 heavy (non-hydrogen) atoms. The van der Waals surface area contributed by atoms with Crippen LogP contribution in [0.25, 0.3) is 6.08 Å². The molecule has 0 radical (unpaired) electrons. The van der Waals surface area contributed by atoms with Crippen LogP contribution in [0.5, 0.6) is 11.5 Å². The Morgan fingerprint density at radius 2 is 1.96 bits per heavy atom. The van der Waals surface area contributed by atoms with Gasteiger partial charge in [0.25, 0.3) is 0 Å². The van der Waals surface area contributed by atoms with Crippen LogP contribution >= 0.6 is 11.3 Å². The van der Waals surface area contributed by atoms with E-state index in [-0.39, 0.29) is 5.91 Å². The molecule has 1 N–H and O–H groups in total. The van der Waals surface area contributed by atoms with E-state index in [1.807, 2.05) is 54.9 Å². The quantitative estimate of drug-likeness (QED) is 0.701. The summed E-state index contributed by atoms with van der Waals surface area (Å²) >= 11 is 1.61. The maximum Gasteiger partial charge on any atom is 0.244 e. The number of amides is 1. The van der Waals surface area contributed by atoms with Crippen molar-refractivity contribution in [1.29, 1.82) is 0 Å². The molecule has 1 amide bonds. The Morgan fingerprint density at radius 1 is 1.17 bits per heavy atom. The average Bonchev–Trinajstić information content (AvgIpc) is 3.09. The van der Waals surface area contributed by atoms with E-state index in [1.54, 1.807) is 17.4 Å². The van der Waals surface area contributed by atoms with Gasteiger partial charge in [0.15, 0.2) is 11.5 Å². The summed E-state index contributed by atoms with van der Waals surface area (Å²) in [7, 11) is 0. The van der Waals surface area contributed by atoms with Gasteiger partial charge in [-0.2, -0.15) is 11.3 Å². The van der Waals surface area contributed by atoms with E-state index in [1.165, 1.54) is 0 Å². The lowest BCUT2D eigenvalue weighted by Gasteiger charge is -2.12. The number of carbonyl (C=O) groups excluding carboxylic acids is 1. The molecule has 1 heterocycles. The molecule has 0 unspecified atom stereocenters. The van der Waals surface area contributed by atoms with Gasteiger partial charge >= 0.3 is 0 Å². The molecular formula is C19H23NO3S. The highest BCUT2D eigenvalue weighted by molar-refractivity contribution is 7.08. The van der Waals surface area contributed by atoms with E-state index in [4.69, 9.17) is 9.47 Å². The van der Waals surface area contributed by atoms with Gasteiger partial charge in [0, 0.05) is 12.6 Å². The second-order valence-corrected chi connectivity index (χ2v) is 5.86. The molecule has 4 nitrogen and oxygen atoms in total. The number of carbonyl (C=O) groups is 1. The molecule has 0 saturated carbocycles. The average molecular weight is 345 g/mol. The summed E-state index contributed by atoms with van der Waals surface area (Å²) in [4.78, 5) is 11.8. The fourth-order valence-corrected chi connectivity index (χ4v) is 2.81. The van der Waals surface area contributed by atoms with Gasteiger partial charge in [0.1, 0.15) is 0 Å². The Kier molecular flexibility index (Phi) is 7.36. The Morgan fingerprint density at radius 3 is 2.67 bits per heavy atom. The third kappa shape index (κ3) is 5.74. The Hall–Kier alpha value is -2.27. The number of thiophene rings is 1. The molecule has 0 aliphatic carbocycles. The maximum absolute atomic E-state index is 11.8. The van der Waals surface area contributed by atoms with Crippen LogP contribution in [-0.2, 0) is 11.2 Å². The lowest BCUT2D eigenvalue weighted by Crippen LogP contribution is -2.23. The monoisotopic (exact) mass is 345 g/mol. The van der Waals surface area contributed by atoms with E-state index < -0.39 is 0 Å². The molecule has 2 rings (SSSR count). The molecule has 128 valence electrons. The van der Waals surface area contributed by atoms with Crippen LogP contribution < -0.4 is 14.8 Å². The summed E-state index contributed by atoms with van der Waals surface area (Å²) in [5, 5.41) is 6.87. The number of hydrogen-bond donors (Lipinski definition) is 1. The number of nitrogens with one attached hydrogen (secondary N) is 1. The molecule has 0 fully saturated rings. The number of rotatable bonds is 9. The van der Waals surface area contributed by atoms with E-state index in [0.717, 1.165) is 29.0 Å². The van der Waals surface area contributed by atoms with Crippen LogP contribution in [0.2, 0.25) is 0 Å². The zero-order valence-corrected chi connectivity index (χ0v) is 14.9. The second kappa shape index (κ2) is 9.78. The largest absolute Gasteiger partial charge is 0.490 e. The van der Waals surface area contributed by atoms with E-state index >= 15 is 0 Å². The van der Waals surface area contributed by atoms with Gasteiger partial charge in [0.05, 0.1) is 13.2 Å². The topological polar surface area (TPSA) is 47.6 Å². The van der Waals surface area contributed by atoms with Gasteiger partial charge in [-0.15, -0.1) is 0 Å². The van der Waals surface area contributed by atoms with E-state index in [9.17, 15) is 4.79 Å². The molecule has 1 aromatic carbocycles. The number of ether oxygens (including phenoxy) is 2. The fourth-order valence-electron chi connectivity index (χ4n) is 2.18. The summed E-state index contributed by atoms with van der Waals surface area (Å²) in [6.07, 6.45) is 4.12. The van der Waals surface area contributed by atoms with Crippen LogP contribution in [0.3, 0.4) is 0 Å². The summed E-state index contributed by atoms with van der Waals surface area (Å²) in [6.45, 7) is 5.66. The lowest BCUT2D eigenvalue weighted by atomic mass is 10.1. The van der Waals surface area contributed by atoms with Crippen molar-refractivity contribution in [2.75, 3.05) is 19.8 Å². The molecule has 0 spiro atoms. The zero-order chi connectivity index (χ0) is 17.2. The first-order valence-electron chi connectivity index (χ1n) is 8.09. The van der Waals surface area contributed by atoms with E-state index in [2.05, 4.69) is 5.32 Å². The summed E-state index contributed by atoms with van der Waals surface area (Å²) in [5.41, 5.74) is 2.15. The van der Waals surface area contributed by atoms with Gasteiger partial charge in [-0.05, 0) is 66.4 Å². The number of benzene rings is 1. The first-order valence-corrected chi connectivity index (χ1v) is 9.03. The minimum absolute atomic E-state index is 0.0860. The van der Waals surface area contributed by atoms with Crippen LogP contribution in [-0.4, -0.2) is 25.7 Å². The minimum atomic E-state index is -0.0860. The Balaban J connectivity index is 1.85. The van der Waals surface area contributed by atoms with Crippen molar-refractivity contribution < 1.29 is 14.3 Å². The van der Waals surface area contributed by atoms with Crippen LogP contribution in [0, 0.1) is 0 Å². The third-order valence-electron chi connectivity index (χ3n) is 3.29.